The summed E-state index contributed by atoms with van der Waals surface area (Å²) < 4.78 is 29.7. The summed E-state index contributed by atoms with van der Waals surface area (Å²) >= 11 is 5.12. The maximum Gasteiger partial charge on any atom is 0.240 e. The van der Waals surface area contributed by atoms with Gasteiger partial charge >= 0.3 is 0 Å². The molecule has 0 radical (unpaired) electrons. The van der Waals surface area contributed by atoms with Crippen LogP contribution in [0.5, 0.6) is 0 Å². The maximum atomic E-state index is 12.4. The Bertz CT molecular complexity index is 963. The fraction of sp³-hybridized carbons (Fsp3) is 0.471. The van der Waals surface area contributed by atoms with Crippen LogP contribution in [0, 0.1) is 18.6 Å². The summed E-state index contributed by atoms with van der Waals surface area (Å²) in [6.45, 7) is 6.70. The summed E-state index contributed by atoms with van der Waals surface area (Å²) in [4.78, 5) is 12.2. The fourth-order valence-corrected chi connectivity index (χ4v) is 4.28. The minimum atomic E-state index is -3.64. The first-order valence-corrected chi connectivity index (χ1v) is 10.6. The molecule has 0 bridgehead atoms. The highest BCUT2D eigenvalue weighted by molar-refractivity contribution is 7.89. The van der Waals surface area contributed by atoms with E-state index in [-0.39, 0.29) is 23.8 Å². The molecule has 1 heterocycles. The largest absolute Gasteiger partial charge is 0.356 e. The monoisotopic (exact) mass is 411 g/mol. The number of H-pyrrole nitrogens is 1. The van der Waals surface area contributed by atoms with Crippen LogP contribution in [-0.2, 0) is 27.8 Å². The Morgan fingerprint density at radius 2 is 2.04 bits per heavy atom. The van der Waals surface area contributed by atoms with Gasteiger partial charge < -0.3 is 9.88 Å². The van der Waals surface area contributed by atoms with Gasteiger partial charge in [0.2, 0.25) is 15.9 Å². The lowest BCUT2D eigenvalue weighted by molar-refractivity contribution is -0.120. The molecule has 0 aliphatic heterocycles. The van der Waals surface area contributed by atoms with Gasteiger partial charge in [0.25, 0.3) is 0 Å². The lowest BCUT2D eigenvalue weighted by atomic mass is 10.2. The number of amides is 1. The highest BCUT2D eigenvalue weighted by Crippen LogP contribution is 2.16. The number of sulfonamides is 1. The third kappa shape index (κ3) is 5.72. The Kier molecular flexibility index (Phi) is 7.28. The zero-order chi connectivity index (χ0) is 20.0. The second-order valence-corrected chi connectivity index (χ2v) is 8.33. The molecule has 148 valence electrons. The number of carbonyl (C=O) groups is 1. The van der Waals surface area contributed by atoms with Crippen LogP contribution in [0.3, 0.4) is 0 Å². The molecule has 0 fully saturated rings. The molecule has 0 aliphatic rings. The van der Waals surface area contributed by atoms with Crippen molar-refractivity contribution in [3.63, 3.8) is 0 Å². The van der Waals surface area contributed by atoms with Gasteiger partial charge in [-0.25, -0.2) is 13.1 Å². The lowest BCUT2D eigenvalue weighted by Gasteiger charge is -2.10. The van der Waals surface area contributed by atoms with E-state index in [9.17, 15) is 13.2 Å². The molecular formula is C17H25N5O3S2. The molecule has 1 aromatic heterocycles. The molecule has 8 nitrogen and oxygen atoms in total. The van der Waals surface area contributed by atoms with Gasteiger partial charge in [-0.05, 0) is 50.2 Å². The molecule has 0 spiro atoms. The number of nitrogens with zero attached hydrogens (tertiary/aromatic N) is 2. The minimum absolute atomic E-state index is 0.0369. The lowest BCUT2D eigenvalue weighted by Crippen LogP contribution is -2.32. The number of nitrogens with one attached hydrogen (secondary N) is 3. The molecule has 27 heavy (non-hydrogen) atoms. The number of aromatic amines is 1. The van der Waals surface area contributed by atoms with E-state index in [0.717, 1.165) is 11.4 Å². The molecule has 0 unspecified atom stereocenters. The van der Waals surface area contributed by atoms with Crippen LogP contribution in [0.25, 0.3) is 0 Å². The highest BCUT2D eigenvalue weighted by atomic mass is 32.2. The van der Waals surface area contributed by atoms with E-state index in [1.807, 2.05) is 24.5 Å². The Labute approximate surface area is 164 Å². The molecule has 0 atom stereocenters. The smallest absolute Gasteiger partial charge is 0.240 e. The third-order valence-corrected chi connectivity index (χ3v) is 6.02. The fourth-order valence-electron chi connectivity index (χ4n) is 2.64. The molecular weight excluding hydrogens is 386 g/mol. The van der Waals surface area contributed by atoms with Crippen molar-refractivity contribution < 1.29 is 13.2 Å². The topological polar surface area (TPSA) is 109 Å². The number of aryl methyl sites for hydroxylation is 2. The van der Waals surface area contributed by atoms with Crippen molar-refractivity contribution in [1.29, 1.82) is 0 Å². The number of benzene rings is 1. The Morgan fingerprint density at radius 3 is 2.74 bits per heavy atom. The average Bonchev–Trinajstić information content (AvgIpc) is 2.96. The predicted octanol–water partition coefficient (Wildman–Crippen LogP) is 1.60. The van der Waals surface area contributed by atoms with Crippen LogP contribution in [0.2, 0.25) is 0 Å². The van der Waals surface area contributed by atoms with Gasteiger partial charge in [-0.2, -0.15) is 5.10 Å². The van der Waals surface area contributed by atoms with E-state index in [4.69, 9.17) is 12.2 Å². The SMILES string of the molecule is CCn1c(CCNC(=O)CCNS(=O)(=O)c2cc(C)ccc2C)n[nH]c1=S. The maximum absolute atomic E-state index is 12.4. The molecule has 0 saturated carbocycles. The van der Waals surface area contributed by atoms with E-state index < -0.39 is 10.0 Å². The van der Waals surface area contributed by atoms with Gasteiger partial charge in [0.15, 0.2) is 4.77 Å². The van der Waals surface area contributed by atoms with Crippen molar-refractivity contribution >= 4 is 28.1 Å². The molecule has 2 rings (SSSR count). The second kappa shape index (κ2) is 9.25. The summed E-state index contributed by atoms with van der Waals surface area (Å²) in [6.07, 6.45) is 0.603. The van der Waals surface area contributed by atoms with E-state index >= 15 is 0 Å². The quantitative estimate of drug-likeness (QED) is 0.543. The minimum Gasteiger partial charge on any atom is -0.356 e. The number of hydrogen-bond acceptors (Lipinski definition) is 5. The van der Waals surface area contributed by atoms with E-state index in [2.05, 4.69) is 20.2 Å². The van der Waals surface area contributed by atoms with Crippen molar-refractivity contribution in [2.75, 3.05) is 13.1 Å². The van der Waals surface area contributed by atoms with Gasteiger partial charge in [-0.15, -0.1) is 0 Å². The number of aromatic nitrogens is 3. The average molecular weight is 412 g/mol. The Hall–Kier alpha value is -2.04. The van der Waals surface area contributed by atoms with Crippen LogP contribution >= 0.6 is 12.2 Å². The summed E-state index contributed by atoms with van der Waals surface area (Å²) in [6, 6.07) is 5.25. The van der Waals surface area contributed by atoms with Gasteiger partial charge in [-0.3, -0.25) is 9.89 Å². The molecule has 3 N–H and O–H groups in total. The number of hydrogen-bond donors (Lipinski definition) is 3. The summed E-state index contributed by atoms with van der Waals surface area (Å²) in [5.74, 6) is 0.550. The molecule has 0 aliphatic carbocycles. The van der Waals surface area contributed by atoms with Crippen molar-refractivity contribution in [2.45, 2.75) is 45.1 Å². The standard InChI is InChI=1S/C17H25N5O3S2/c1-4-22-15(20-21-17(22)26)7-9-18-16(23)8-10-19-27(24,25)14-11-12(2)5-6-13(14)3/h5-6,11,19H,4,7-10H2,1-3H3,(H,18,23)(H,21,26). The third-order valence-electron chi connectivity index (χ3n) is 4.10. The number of rotatable bonds is 9. The van der Waals surface area contributed by atoms with E-state index in [0.29, 0.717) is 29.8 Å². The Morgan fingerprint density at radius 1 is 1.30 bits per heavy atom. The summed E-state index contributed by atoms with van der Waals surface area (Å²) in [5, 5.41) is 9.62. The molecule has 0 saturated heterocycles. The van der Waals surface area contributed by atoms with Gasteiger partial charge in [-0.1, -0.05) is 12.1 Å². The Balaban J connectivity index is 1.80. The van der Waals surface area contributed by atoms with Crippen LogP contribution in [0.4, 0.5) is 0 Å². The first-order chi connectivity index (χ1) is 12.7. The number of carbonyl (C=O) groups excluding carboxylic acids is 1. The summed E-state index contributed by atoms with van der Waals surface area (Å²) in [5.41, 5.74) is 1.53. The second-order valence-electron chi connectivity index (χ2n) is 6.21. The predicted molar refractivity (Wildman–Crippen MR) is 106 cm³/mol. The molecule has 10 heteroatoms. The van der Waals surface area contributed by atoms with Crippen molar-refractivity contribution in [2.24, 2.45) is 0 Å². The van der Waals surface area contributed by atoms with Gasteiger partial charge in [0, 0.05) is 32.5 Å². The van der Waals surface area contributed by atoms with Gasteiger partial charge in [0.1, 0.15) is 5.82 Å². The molecule has 1 amide bonds. The first kappa shape index (κ1) is 21.3. The van der Waals surface area contributed by atoms with Crippen LogP contribution in [0.15, 0.2) is 23.1 Å². The molecule has 2 aromatic rings. The zero-order valence-corrected chi connectivity index (χ0v) is 17.3. The summed E-state index contributed by atoms with van der Waals surface area (Å²) in [7, 11) is -3.64. The van der Waals surface area contributed by atoms with E-state index in [1.54, 1.807) is 19.1 Å². The zero-order valence-electron chi connectivity index (χ0n) is 15.7. The van der Waals surface area contributed by atoms with E-state index in [1.165, 1.54) is 0 Å². The van der Waals surface area contributed by atoms with Crippen molar-refractivity contribution in [3.8, 4) is 0 Å². The normalized spacial score (nSPS) is 11.5. The highest BCUT2D eigenvalue weighted by Gasteiger charge is 2.17. The van der Waals surface area contributed by atoms with Crippen LogP contribution in [-0.4, -0.2) is 42.2 Å². The van der Waals surface area contributed by atoms with Crippen LogP contribution in [0.1, 0.15) is 30.3 Å². The first-order valence-electron chi connectivity index (χ1n) is 8.72. The molecule has 1 aromatic carbocycles. The van der Waals surface area contributed by atoms with Crippen molar-refractivity contribution in [3.05, 3.63) is 39.9 Å². The van der Waals surface area contributed by atoms with Gasteiger partial charge in [0.05, 0.1) is 4.90 Å². The van der Waals surface area contributed by atoms with Crippen molar-refractivity contribution in [1.82, 2.24) is 24.8 Å². The van der Waals surface area contributed by atoms with Crippen LogP contribution < -0.4 is 10.0 Å².